The average molecular weight is 238 g/mol. The predicted molar refractivity (Wildman–Crippen MR) is 56.0 cm³/mol. The van der Waals surface area contributed by atoms with Crippen LogP contribution in [0, 0.1) is 5.82 Å². The minimum atomic E-state index is -0.360. The number of methoxy groups -OCH3 is 1. The van der Waals surface area contributed by atoms with E-state index in [9.17, 15) is 4.39 Å². The Hall–Kier alpha value is -1.95. The Labute approximate surface area is 96.8 Å². The van der Waals surface area contributed by atoms with Crippen molar-refractivity contribution >= 4 is 0 Å². The first kappa shape index (κ1) is 11.5. The summed E-state index contributed by atoms with van der Waals surface area (Å²) in [4.78, 5) is 3.89. The van der Waals surface area contributed by atoms with E-state index < -0.39 is 0 Å². The normalized spacial score (nSPS) is 10.5. The van der Waals surface area contributed by atoms with E-state index in [1.165, 1.54) is 19.2 Å². The average Bonchev–Trinajstić information content (AvgIpc) is 2.80. The molecule has 0 saturated heterocycles. The summed E-state index contributed by atoms with van der Waals surface area (Å²) in [6.07, 6.45) is 0.187. The van der Waals surface area contributed by atoms with Crippen molar-refractivity contribution in [3.8, 4) is 5.75 Å². The number of hydrogen-bond donors (Lipinski definition) is 1. The van der Waals surface area contributed by atoms with E-state index in [0.717, 1.165) is 0 Å². The Morgan fingerprint density at radius 3 is 2.94 bits per heavy atom. The first-order chi connectivity index (χ1) is 8.22. The maximum atomic E-state index is 13.5. The third-order valence-corrected chi connectivity index (χ3v) is 2.25. The summed E-state index contributed by atoms with van der Waals surface area (Å²) in [6.45, 7) is -0.326. The molecular formula is C11H11FN2O3. The van der Waals surface area contributed by atoms with Gasteiger partial charge in [0.05, 0.1) is 7.11 Å². The molecule has 2 rings (SSSR count). The molecule has 6 heteroatoms. The molecule has 0 unspecified atom stereocenters. The molecule has 0 bridgehead atoms. The van der Waals surface area contributed by atoms with Crippen LogP contribution in [0.15, 0.2) is 22.7 Å². The molecule has 0 aliphatic carbocycles. The third-order valence-electron chi connectivity index (χ3n) is 2.25. The molecule has 1 N–H and O–H groups in total. The minimum Gasteiger partial charge on any atom is -0.497 e. The highest BCUT2D eigenvalue weighted by Gasteiger charge is 2.10. The fourth-order valence-electron chi connectivity index (χ4n) is 1.41. The molecule has 2 aromatic rings. The number of benzene rings is 1. The summed E-state index contributed by atoms with van der Waals surface area (Å²) >= 11 is 0. The van der Waals surface area contributed by atoms with E-state index >= 15 is 0 Å². The van der Waals surface area contributed by atoms with Crippen LogP contribution in [0.2, 0.25) is 0 Å². The van der Waals surface area contributed by atoms with Crippen LogP contribution < -0.4 is 4.74 Å². The Morgan fingerprint density at radius 2 is 2.29 bits per heavy atom. The molecule has 0 aliphatic rings. The highest BCUT2D eigenvalue weighted by atomic mass is 19.1. The van der Waals surface area contributed by atoms with Gasteiger partial charge in [0.1, 0.15) is 18.2 Å². The van der Waals surface area contributed by atoms with Crippen LogP contribution in [-0.4, -0.2) is 22.4 Å². The lowest BCUT2D eigenvalue weighted by atomic mass is 10.1. The van der Waals surface area contributed by atoms with Crippen molar-refractivity contribution in [1.82, 2.24) is 10.1 Å². The lowest BCUT2D eigenvalue weighted by Gasteiger charge is -2.03. The quantitative estimate of drug-likeness (QED) is 0.869. The largest absolute Gasteiger partial charge is 0.497 e. The van der Waals surface area contributed by atoms with Gasteiger partial charge >= 0.3 is 0 Å². The highest BCUT2D eigenvalue weighted by Crippen LogP contribution is 2.18. The molecular weight excluding hydrogens is 227 g/mol. The zero-order valence-corrected chi connectivity index (χ0v) is 9.18. The number of aromatic nitrogens is 2. The number of hydrogen-bond acceptors (Lipinski definition) is 5. The van der Waals surface area contributed by atoms with Gasteiger partial charge in [-0.2, -0.15) is 4.98 Å². The molecule has 0 atom stereocenters. The van der Waals surface area contributed by atoms with Crippen molar-refractivity contribution in [2.45, 2.75) is 13.0 Å². The van der Waals surface area contributed by atoms with Crippen molar-refractivity contribution in [3.05, 3.63) is 41.3 Å². The molecule has 0 aliphatic heterocycles. The Morgan fingerprint density at radius 1 is 1.47 bits per heavy atom. The molecule has 0 amide bonds. The van der Waals surface area contributed by atoms with Crippen LogP contribution in [0.3, 0.4) is 0 Å². The first-order valence-corrected chi connectivity index (χ1v) is 4.97. The van der Waals surface area contributed by atoms with E-state index in [2.05, 4.69) is 10.1 Å². The van der Waals surface area contributed by atoms with Gasteiger partial charge in [-0.3, -0.25) is 0 Å². The smallest absolute Gasteiger partial charge is 0.252 e. The topological polar surface area (TPSA) is 68.4 Å². The van der Waals surface area contributed by atoms with Crippen LogP contribution in [0.25, 0.3) is 0 Å². The molecule has 17 heavy (non-hydrogen) atoms. The second kappa shape index (κ2) is 4.92. The van der Waals surface area contributed by atoms with Crippen LogP contribution in [0.5, 0.6) is 5.75 Å². The van der Waals surface area contributed by atoms with Gasteiger partial charge in [0, 0.05) is 6.42 Å². The zero-order valence-electron chi connectivity index (χ0n) is 9.18. The van der Waals surface area contributed by atoms with Gasteiger partial charge in [0.2, 0.25) is 0 Å². The van der Waals surface area contributed by atoms with Gasteiger partial charge in [-0.25, -0.2) is 4.39 Å². The Kier molecular flexibility index (Phi) is 3.34. The van der Waals surface area contributed by atoms with Crippen molar-refractivity contribution in [1.29, 1.82) is 0 Å². The summed E-state index contributed by atoms with van der Waals surface area (Å²) < 4.78 is 23.2. The molecule has 0 saturated carbocycles. The van der Waals surface area contributed by atoms with Gasteiger partial charge < -0.3 is 14.4 Å². The Balaban J connectivity index is 2.22. The minimum absolute atomic E-state index is 0.114. The summed E-state index contributed by atoms with van der Waals surface area (Å²) in [7, 11) is 1.51. The van der Waals surface area contributed by atoms with Crippen LogP contribution in [0.1, 0.15) is 17.3 Å². The SMILES string of the molecule is COc1ccc(F)c(Cc2noc(CO)n2)c1. The van der Waals surface area contributed by atoms with Gasteiger partial charge in [0.25, 0.3) is 5.89 Å². The molecule has 0 radical (unpaired) electrons. The number of rotatable bonds is 4. The molecule has 5 nitrogen and oxygen atoms in total. The van der Waals surface area contributed by atoms with Crippen LogP contribution in [0.4, 0.5) is 4.39 Å². The molecule has 0 fully saturated rings. The van der Waals surface area contributed by atoms with Gasteiger partial charge in [-0.05, 0) is 23.8 Å². The third kappa shape index (κ3) is 2.59. The summed E-state index contributed by atoms with van der Waals surface area (Å²) in [6, 6.07) is 4.43. The molecule has 1 heterocycles. The number of halogens is 1. The maximum absolute atomic E-state index is 13.5. The van der Waals surface area contributed by atoms with Gasteiger partial charge in [0.15, 0.2) is 5.82 Å². The van der Waals surface area contributed by atoms with Gasteiger partial charge in [-0.15, -0.1) is 0 Å². The monoisotopic (exact) mass is 238 g/mol. The van der Waals surface area contributed by atoms with E-state index in [1.54, 1.807) is 6.07 Å². The van der Waals surface area contributed by atoms with E-state index in [0.29, 0.717) is 17.1 Å². The number of aliphatic hydroxyl groups excluding tert-OH is 1. The van der Waals surface area contributed by atoms with Crippen molar-refractivity contribution < 1.29 is 18.8 Å². The first-order valence-electron chi connectivity index (χ1n) is 4.97. The number of ether oxygens (including phenoxy) is 1. The van der Waals surface area contributed by atoms with Gasteiger partial charge in [-0.1, -0.05) is 5.16 Å². The van der Waals surface area contributed by atoms with Crippen molar-refractivity contribution in [3.63, 3.8) is 0 Å². The molecule has 0 spiro atoms. The summed E-state index contributed by atoms with van der Waals surface area (Å²) in [5.74, 6) is 0.637. The fraction of sp³-hybridized carbons (Fsp3) is 0.273. The lowest BCUT2D eigenvalue weighted by Crippen LogP contribution is -1.96. The second-order valence-electron chi connectivity index (χ2n) is 3.40. The van der Waals surface area contributed by atoms with Crippen LogP contribution in [-0.2, 0) is 13.0 Å². The van der Waals surface area contributed by atoms with E-state index in [-0.39, 0.29) is 24.7 Å². The molecule has 90 valence electrons. The van der Waals surface area contributed by atoms with Crippen molar-refractivity contribution in [2.24, 2.45) is 0 Å². The zero-order chi connectivity index (χ0) is 12.3. The number of aliphatic hydroxyl groups is 1. The van der Waals surface area contributed by atoms with E-state index in [4.69, 9.17) is 14.4 Å². The summed E-state index contributed by atoms with van der Waals surface area (Å²) in [5.41, 5.74) is 0.412. The maximum Gasteiger partial charge on any atom is 0.252 e. The summed E-state index contributed by atoms with van der Waals surface area (Å²) in [5, 5.41) is 12.4. The predicted octanol–water partition coefficient (Wildman–Crippen LogP) is 1.30. The fourth-order valence-corrected chi connectivity index (χ4v) is 1.41. The molecule has 1 aromatic carbocycles. The van der Waals surface area contributed by atoms with E-state index in [1.807, 2.05) is 0 Å². The Bertz CT molecular complexity index is 513. The van der Waals surface area contributed by atoms with Crippen LogP contribution >= 0.6 is 0 Å². The number of nitrogens with zero attached hydrogens (tertiary/aromatic N) is 2. The second-order valence-corrected chi connectivity index (χ2v) is 3.40. The van der Waals surface area contributed by atoms with Crippen molar-refractivity contribution in [2.75, 3.05) is 7.11 Å². The standard InChI is InChI=1S/C11H11FN2O3/c1-16-8-2-3-9(12)7(4-8)5-10-13-11(6-15)17-14-10/h2-4,15H,5-6H2,1H3. The highest BCUT2D eigenvalue weighted by molar-refractivity contribution is 5.31. The molecule has 1 aromatic heterocycles. The lowest BCUT2D eigenvalue weighted by molar-refractivity contribution is 0.222.